The number of rotatable bonds is 5. The van der Waals surface area contributed by atoms with Crippen LogP contribution in [0.3, 0.4) is 0 Å². The maximum absolute atomic E-state index is 16.4. The second-order valence-corrected chi connectivity index (χ2v) is 10.6. The summed E-state index contributed by atoms with van der Waals surface area (Å²) in [4.78, 5) is 8.33. The van der Waals surface area contributed by atoms with Gasteiger partial charge in [0.15, 0.2) is 5.82 Å². The van der Waals surface area contributed by atoms with Gasteiger partial charge in [-0.25, -0.2) is 14.4 Å². The van der Waals surface area contributed by atoms with E-state index in [1.807, 2.05) is 13.8 Å². The van der Waals surface area contributed by atoms with Crippen LogP contribution in [0.2, 0.25) is 0 Å². The smallest absolute Gasteiger partial charge is 0.395 e. The number of aliphatic hydroxyl groups is 1. The van der Waals surface area contributed by atoms with Gasteiger partial charge >= 0.3 is 6.18 Å². The molecule has 2 saturated carbocycles. The topological polar surface area (TPSA) is 102 Å². The van der Waals surface area contributed by atoms with Gasteiger partial charge in [0, 0.05) is 22.9 Å². The zero-order valence-electron chi connectivity index (χ0n) is 20.2. The Labute approximate surface area is 205 Å². The van der Waals surface area contributed by atoms with Gasteiger partial charge in [-0.05, 0) is 50.1 Å². The predicted octanol–water partition coefficient (Wildman–Crippen LogP) is 4.29. The zero-order chi connectivity index (χ0) is 25.7. The van der Waals surface area contributed by atoms with Crippen LogP contribution >= 0.6 is 0 Å². The van der Waals surface area contributed by atoms with Gasteiger partial charge in [0.2, 0.25) is 0 Å². The molecule has 3 aliphatic rings. The largest absolute Gasteiger partial charge is 0.418 e. The quantitative estimate of drug-likeness (QED) is 0.448. The Balaban J connectivity index is 1.64. The van der Waals surface area contributed by atoms with Gasteiger partial charge in [-0.3, -0.25) is 4.68 Å². The number of nitrogens with zero attached hydrogens (tertiary/aromatic N) is 4. The number of hydrogen-bond donors (Lipinski definition) is 3. The molecule has 0 aromatic carbocycles. The minimum atomic E-state index is -4.76. The van der Waals surface area contributed by atoms with Crippen LogP contribution in [0.25, 0.3) is 22.2 Å². The molecule has 3 aromatic heterocycles. The number of nitrogens with one attached hydrogen (secondary N) is 1. The van der Waals surface area contributed by atoms with Gasteiger partial charge in [-0.1, -0.05) is 13.8 Å². The normalized spacial score (nSPS) is 25.7. The molecule has 192 valence electrons. The summed E-state index contributed by atoms with van der Waals surface area (Å²) in [6, 6.07) is 1.01. The summed E-state index contributed by atoms with van der Waals surface area (Å²) in [7, 11) is 0. The summed E-state index contributed by atoms with van der Waals surface area (Å²) in [5.74, 6) is -0.605. The van der Waals surface area contributed by atoms with Crippen molar-refractivity contribution < 1.29 is 22.7 Å². The summed E-state index contributed by atoms with van der Waals surface area (Å²) >= 11 is 0. The first kappa shape index (κ1) is 23.6. The molecule has 4 atom stereocenters. The highest BCUT2D eigenvalue weighted by Gasteiger charge is 2.60. The maximum atomic E-state index is 16.4. The van der Waals surface area contributed by atoms with E-state index < -0.39 is 23.1 Å². The molecule has 1 aliphatic heterocycles. The number of piperidine rings is 1. The number of pyridine rings is 2. The van der Waals surface area contributed by atoms with Gasteiger partial charge in [0.25, 0.3) is 0 Å². The van der Waals surface area contributed by atoms with Gasteiger partial charge in [-0.2, -0.15) is 18.3 Å². The lowest BCUT2D eigenvalue weighted by Gasteiger charge is -2.18. The second kappa shape index (κ2) is 7.85. The Hall–Kier alpha value is -2.79. The minimum Gasteiger partial charge on any atom is -0.395 e. The van der Waals surface area contributed by atoms with Gasteiger partial charge in [-0.15, -0.1) is 0 Å². The molecular formula is C25H28F4N6O. The van der Waals surface area contributed by atoms with Crippen LogP contribution in [0.5, 0.6) is 0 Å². The number of nitrogens with two attached hydrogens (primary N) is 1. The van der Waals surface area contributed by atoms with Crippen molar-refractivity contribution >= 4 is 16.7 Å². The van der Waals surface area contributed by atoms with Crippen LogP contribution in [0, 0.1) is 24.6 Å². The monoisotopic (exact) mass is 504 g/mol. The highest BCUT2D eigenvalue weighted by Crippen LogP contribution is 2.60. The summed E-state index contributed by atoms with van der Waals surface area (Å²) in [6.45, 7) is 5.75. The number of alkyl halides is 3. The third-order valence-electron chi connectivity index (χ3n) is 7.86. The van der Waals surface area contributed by atoms with E-state index in [2.05, 4.69) is 15.3 Å². The van der Waals surface area contributed by atoms with Crippen LogP contribution < -0.4 is 11.1 Å². The maximum Gasteiger partial charge on any atom is 0.418 e. The Bertz CT molecular complexity index is 1380. The molecule has 1 saturated heterocycles. The van der Waals surface area contributed by atoms with E-state index in [0.29, 0.717) is 11.1 Å². The van der Waals surface area contributed by atoms with Crippen molar-refractivity contribution in [3.63, 3.8) is 0 Å². The van der Waals surface area contributed by atoms with Crippen molar-refractivity contribution in [3.8, 4) is 11.3 Å². The third kappa shape index (κ3) is 3.42. The average Bonchev–Trinajstić information content (AvgIpc) is 3.68. The van der Waals surface area contributed by atoms with Gasteiger partial charge < -0.3 is 16.2 Å². The molecule has 0 radical (unpaired) electrons. The molecular weight excluding hydrogens is 476 g/mol. The van der Waals surface area contributed by atoms with Crippen molar-refractivity contribution in [2.45, 2.75) is 63.7 Å². The summed E-state index contributed by atoms with van der Waals surface area (Å²) < 4.78 is 60.3. The Kier molecular flexibility index (Phi) is 5.15. The summed E-state index contributed by atoms with van der Waals surface area (Å²) in [6.07, 6.45) is -3.10. The number of aliphatic hydroxyl groups excluding tert-OH is 1. The van der Waals surface area contributed by atoms with Crippen LogP contribution in [0.1, 0.15) is 67.2 Å². The molecule has 4 heterocycles. The number of hydrogen-bond acceptors (Lipinski definition) is 6. The molecule has 7 nitrogen and oxygen atoms in total. The lowest BCUT2D eigenvalue weighted by molar-refractivity contribution is -0.137. The van der Waals surface area contributed by atoms with Crippen LogP contribution in [0.15, 0.2) is 6.07 Å². The Morgan fingerprint density at radius 2 is 1.97 bits per heavy atom. The predicted molar refractivity (Wildman–Crippen MR) is 126 cm³/mol. The fourth-order valence-electron chi connectivity index (χ4n) is 6.11. The first-order chi connectivity index (χ1) is 17.0. The molecule has 0 amide bonds. The number of anilines is 1. The molecule has 0 bridgehead atoms. The number of aryl methyl sites for hydroxylation is 1. The number of nitrogen functional groups attached to an aromatic ring is 1. The van der Waals surface area contributed by atoms with Crippen LogP contribution in [0.4, 0.5) is 23.4 Å². The third-order valence-corrected chi connectivity index (χ3v) is 7.86. The van der Waals surface area contributed by atoms with Crippen LogP contribution in [-0.4, -0.2) is 44.0 Å². The highest BCUT2D eigenvalue weighted by molar-refractivity contribution is 5.90. The average molecular weight is 505 g/mol. The fourth-order valence-corrected chi connectivity index (χ4v) is 6.11. The molecule has 0 spiro atoms. The molecule has 36 heavy (non-hydrogen) atoms. The standard InChI is InChI=1S/C25H28F4N6O/c1-9(2)21-18-23(17-13-7-31-14(8-36)16(13)17)34-35(11-4-5-11)24(18)20(26)22(33-21)12-6-15(30)32-10(3)19(12)25(27,28)29/h6,9,11,13-14,16-17,31,36H,4-5,7-8H2,1-3H3,(H2,30,32)/t13-,14+,16-,17+/m0/s1. The van der Waals surface area contributed by atoms with E-state index in [-0.39, 0.29) is 65.1 Å². The molecule has 11 heteroatoms. The lowest BCUT2D eigenvalue weighted by atomic mass is 9.96. The van der Waals surface area contributed by atoms with Crippen molar-refractivity contribution in [1.29, 1.82) is 0 Å². The molecule has 6 rings (SSSR count). The molecule has 4 N–H and O–H groups in total. The first-order valence-electron chi connectivity index (χ1n) is 12.3. The first-order valence-corrected chi connectivity index (χ1v) is 12.3. The van der Waals surface area contributed by atoms with E-state index in [9.17, 15) is 18.3 Å². The Morgan fingerprint density at radius 3 is 2.58 bits per heavy atom. The van der Waals surface area contributed by atoms with Gasteiger partial charge in [0.05, 0.1) is 35.3 Å². The van der Waals surface area contributed by atoms with E-state index in [0.717, 1.165) is 31.1 Å². The molecule has 3 aromatic rings. The number of fused-ring (bicyclic) bond motifs is 2. The van der Waals surface area contributed by atoms with E-state index in [1.165, 1.54) is 6.92 Å². The second-order valence-electron chi connectivity index (χ2n) is 10.6. The van der Waals surface area contributed by atoms with Crippen molar-refractivity contribution in [2.24, 2.45) is 11.8 Å². The summed E-state index contributed by atoms with van der Waals surface area (Å²) in [5.41, 5.74) is 5.13. The van der Waals surface area contributed by atoms with Crippen LogP contribution in [-0.2, 0) is 6.18 Å². The fraction of sp³-hybridized carbons (Fsp3) is 0.560. The Morgan fingerprint density at radius 1 is 1.25 bits per heavy atom. The van der Waals surface area contributed by atoms with E-state index in [1.54, 1.807) is 4.68 Å². The van der Waals surface area contributed by atoms with Crippen molar-refractivity contribution in [1.82, 2.24) is 25.1 Å². The SMILES string of the molecule is Cc1nc(N)cc(-c2nc(C(C)C)c3c([C@@H]4[C@H]5CN[C@H](CO)[C@H]54)nn(C4CC4)c3c2F)c1C(F)(F)F. The highest BCUT2D eigenvalue weighted by atomic mass is 19.4. The molecule has 3 fully saturated rings. The van der Waals surface area contributed by atoms with E-state index in [4.69, 9.17) is 10.8 Å². The number of halogens is 4. The van der Waals surface area contributed by atoms with Crippen molar-refractivity contribution in [2.75, 3.05) is 18.9 Å². The zero-order valence-corrected chi connectivity index (χ0v) is 20.2. The van der Waals surface area contributed by atoms with Crippen molar-refractivity contribution in [3.05, 3.63) is 34.5 Å². The molecule has 0 unspecified atom stereocenters. The lowest BCUT2D eigenvalue weighted by Crippen LogP contribution is -2.31. The van der Waals surface area contributed by atoms with Gasteiger partial charge in [0.1, 0.15) is 17.0 Å². The minimum absolute atomic E-state index is 0.00250. The molecule has 2 aliphatic carbocycles. The van der Waals surface area contributed by atoms with E-state index >= 15 is 4.39 Å². The summed E-state index contributed by atoms with van der Waals surface area (Å²) in [5, 5.41) is 18.5. The number of aromatic nitrogens is 4.